The number of hydrogen-bond donors (Lipinski definition) is 0. The van der Waals surface area contributed by atoms with Crippen LogP contribution in [0.1, 0.15) is 36.7 Å². The van der Waals surface area contributed by atoms with Crippen LogP contribution >= 0.6 is 0 Å². The Labute approximate surface area is 209 Å². The summed E-state index contributed by atoms with van der Waals surface area (Å²) in [5.74, 6) is 0.785. The Morgan fingerprint density at radius 1 is 0.973 bits per heavy atom. The molecule has 0 bridgehead atoms. The zero-order valence-corrected chi connectivity index (χ0v) is 20.2. The van der Waals surface area contributed by atoms with Crippen molar-refractivity contribution < 1.29 is 13.2 Å². The van der Waals surface area contributed by atoms with Crippen LogP contribution in [-0.4, -0.2) is 34.1 Å². The van der Waals surface area contributed by atoms with Gasteiger partial charge in [-0.25, -0.2) is 19.9 Å². The Kier molecular flexibility index (Phi) is 6.06. The lowest BCUT2D eigenvalue weighted by Crippen LogP contribution is -2.22. The molecule has 11 heteroatoms. The lowest BCUT2D eigenvalue weighted by Gasteiger charge is -2.13. The Morgan fingerprint density at radius 2 is 1.73 bits per heavy atom. The Bertz CT molecular complexity index is 1650. The van der Waals surface area contributed by atoms with Crippen LogP contribution < -0.4 is 5.56 Å². The number of alkyl halides is 3. The fourth-order valence-electron chi connectivity index (χ4n) is 4.12. The van der Waals surface area contributed by atoms with Gasteiger partial charge in [0.2, 0.25) is 0 Å². The molecule has 0 radical (unpaired) electrons. The summed E-state index contributed by atoms with van der Waals surface area (Å²) >= 11 is 0. The molecule has 0 saturated heterocycles. The number of hydrogen-bond acceptors (Lipinski definition) is 6. The van der Waals surface area contributed by atoms with Crippen molar-refractivity contribution in [1.29, 1.82) is 0 Å². The first-order valence-electron chi connectivity index (χ1n) is 11.5. The lowest BCUT2D eigenvalue weighted by molar-refractivity contribution is -0.140. The van der Waals surface area contributed by atoms with Gasteiger partial charge in [-0.15, -0.1) is 0 Å². The molecule has 0 aliphatic rings. The van der Waals surface area contributed by atoms with E-state index in [4.69, 9.17) is 0 Å². The summed E-state index contributed by atoms with van der Waals surface area (Å²) in [4.78, 5) is 34.3. The Balaban J connectivity index is 1.51. The van der Waals surface area contributed by atoms with Crippen molar-refractivity contribution in [3.05, 3.63) is 88.5 Å². The van der Waals surface area contributed by atoms with E-state index in [1.807, 2.05) is 26.0 Å². The molecule has 8 nitrogen and oxygen atoms in total. The van der Waals surface area contributed by atoms with E-state index in [-0.39, 0.29) is 23.8 Å². The number of nitrogens with zero attached hydrogens (tertiary/aromatic N) is 7. The molecule has 0 fully saturated rings. The van der Waals surface area contributed by atoms with Crippen LogP contribution in [-0.2, 0) is 19.8 Å². The zero-order chi connectivity index (χ0) is 26.3. The van der Waals surface area contributed by atoms with Crippen LogP contribution in [0.5, 0.6) is 0 Å². The predicted octanol–water partition coefficient (Wildman–Crippen LogP) is 4.84. The van der Waals surface area contributed by atoms with Gasteiger partial charge in [0.1, 0.15) is 11.3 Å². The molecule has 188 valence electrons. The zero-order valence-electron chi connectivity index (χ0n) is 20.2. The van der Waals surface area contributed by atoms with Crippen LogP contribution in [0.2, 0.25) is 0 Å². The molecule has 0 aliphatic heterocycles. The highest BCUT2D eigenvalue weighted by Crippen LogP contribution is 2.31. The van der Waals surface area contributed by atoms with Crippen molar-refractivity contribution in [2.75, 3.05) is 0 Å². The number of aromatic nitrogens is 7. The van der Waals surface area contributed by atoms with Gasteiger partial charge < -0.3 is 4.57 Å². The Hall–Kier alpha value is -4.41. The van der Waals surface area contributed by atoms with Crippen molar-refractivity contribution in [1.82, 2.24) is 34.1 Å². The summed E-state index contributed by atoms with van der Waals surface area (Å²) in [7, 11) is 1.51. The largest absolute Gasteiger partial charge is 0.434 e. The van der Waals surface area contributed by atoms with Crippen molar-refractivity contribution in [2.24, 2.45) is 7.05 Å². The molecular formula is C26H22F3N7O. The summed E-state index contributed by atoms with van der Waals surface area (Å²) in [6.45, 7) is 4.25. The highest BCUT2D eigenvalue weighted by atomic mass is 19.4. The van der Waals surface area contributed by atoms with Gasteiger partial charge in [0.15, 0.2) is 17.2 Å². The topological polar surface area (TPSA) is 91.4 Å². The van der Waals surface area contributed by atoms with E-state index < -0.39 is 11.9 Å². The quantitative estimate of drug-likeness (QED) is 0.340. The summed E-state index contributed by atoms with van der Waals surface area (Å²) < 4.78 is 42.0. The molecular weight excluding hydrogens is 483 g/mol. The smallest absolute Gasteiger partial charge is 0.333 e. The van der Waals surface area contributed by atoms with Crippen LogP contribution in [0.3, 0.4) is 0 Å². The fraction of sp³-hybridized carbons (Fsp3) is 0.231. The Morgan fingerprint density at radius 3 is 2.41 bits per heavy atom. The third-order valence-corrected chi connectivity index (χ3v) is 5.93. The van der Waals surface area contributed by atoms with Gasteiger partial charge in [-0.2, -0.15) is 13.2 Å². The minimum Gasteiger partial charge on any atom is -0.333 e. The number of pyridine rings is 1. The van der Waals surface area contributed by atoms with E-state index in [2.05, 4.69) is 24.9 Å². The number of benzene rings is 1. The van der Waals surface area contributed by atoms with Crippen LogP contribution in [0.15, 0.2) is 66.0 Å². The molecule has 0 spiro atoms. The molecule has 0 amide bonds. The molecule has 5 aromatic rings. The summed E-state index contributed by atoms with van der Waals surface area (Å²) in [5, 5.41) is 0. The minimum absolute atomic E-state index is 0.149. The second-order valence-corrected chi connectivity index (χ2v) is 8.93. The van der Waals surface area contributed by atoms with E-state index in [0.29, 0.717) is 22.6 Å². The molecule has 0 aliphatic carbocycles. The van der Waals surface area contributed by atoms with Crippen LogP contribution in [0, 0.1) is 0 Å². The third kappa shape index (κ3) is 4.72. The second kappa shape index (κ2) is 9.23. The van der Waals surface area contributed by atoms with Gasteiger partial charge in [-0.1, -0.05) is 38.1 Å². The average Bonchev–Trinajstić information content (AvgIpc) is 3.28. The maximum atomic E-state index is 13.0. The van der Waals surface area contributed by atoms with Gasteiger partial charge in [-0.05, 0) is 23.6 Å². The molecule has 0 N–H and O–H groups in total. The molecule has 0 unspecified atom stereocenters. The maximum Gasteiger partial charge on any atom is 0.434 e. The maximum absolute atomic E-state index is 13.0. The standard InChI is InChI=1S/C26H22F3N7O/c1-15(2)22-18(5-4-10-30-22)23-32-11-19-25(34-23)36(21(37)12-31-19)13-16-6-8-17(9-7-16)24-33-20(14-35(24)3)26(27,28)29/h4-12,14-15H,13H2,1-3H3. The van der Waals surface area contributed by atoms with E-state index in [0.717, 1.165) is 23.0 Å². The molecule has 5 rings (SSSR count). The number of imidazole rings is 1. The molecule has 1 aromatic carbocycles. The molecule has 4 aromatic heterocycles. The SMILES string of the molecule is CC(C)c1ncccc1-c1ncc2ncc(=O)n(Cc3ccc(-c4nc(C(F)(F)F)cn4C)cc3)c2n1. The third-order valence-electron chi connectivity index (χ3n) is 5.93. The van der Waals surface area contributed by atoms with Crippen LogP contribution in [0.25, 0.3) is 33.9 Å². The number of rotatable bonds is 5. The normalized spacial score (nSPS) is 12.0. The average molecular weight is 506 g/mol. The highest BCUT2D eigenvalue weighted by Gasteiger charge is 2.34. The van der Waals surface area contributed by atoms with Gasteiger partial charge >= 0.3 is 6.18 Å². The van der Waals surface area contributed by atoms with Crippen LogP contribution in [0.4, 0.5) is 13.2 Å². The van der Waals surface area contributed by atoms with Crippen molar-refractivity contribution in [2.45, 2.75) is 32.5 Å². The number of fused-ring (bicyclic) bond motifs is 1. The first kappa shape index (κ1) is 24.3. The predicted molar refractivity (Wildman–Crippen MR) is 132 cm³/mol. The van der Waals surface area contributed by atoms with E-state index in [1.54, 1.807) is 36.7 Å². The second-order valence-electron chi connectivity index (χ2n) is 8.93. The summed E-state index contributed by atoms with van der Waals surface area (Å²) in [5.41, 5.74) is 2.45. The van der Waals surface area contributed by atoms with Gasteiger partial charge in [-0.3, -0.25) is 14.3 Å². The van der Waals surface area contributed by atoms with Gasteiger partial charge in [0, 0.05) is 30.6 Å². The highest BCUT2D eigenvalue weighted by molar-refractivity contribution is 5.72. The first-order chi connectivity index (χ1) is 17.6. The van der Waals surface area contributed by atoms with E-state index >= 15 is 0 Å². The van der Waals surface area contributed by atoms with E-state index in [9.17, 15) is 18.0 Å². The van der Waals surface area contributed by atoms with Gasteiger partial charge in [0.25, 0.3) is 5.56 Å². The number of aryl methyl sites for hydroxylation is 1. The molecule has 0 atom stereocenters. The van der Waals surface area contributed by atoms with Crippen molar-refractivity contribution in [3.63, 3.8) is 0 Å². The molecule has 0 saturated carbocycles. The lowest BCUT2D eigenvalue weighted by atomic mass is 10.0. The molecule has 4 heterocycles. The van der Waals surface area contributed by atoms with Crippen molar-refractivity contribution >= 4 is 11.2 Å². The fourth-order valence-corrected chi connectivity index (χ4v) is 4.12. The summed E-state index contributed by atoms with van der Waals surface area (Å²) in [6.07, 6.45) is 0.946. The first-order valence-corrected chi connectivity index (χ1v) is 11.5. The van der Waals surface area contributed by atoms with Crippen molar-refractivity contribution in [3.8, 4) is 22.8 Å². The monoisotopic (exact) mass is 505 g/mol. The molecule has 37 heavy (non-hydrogen) atoms. The number of halogens is 3. The van der Waals surface area contributed by atoms with E-state index in [1.165, 1.54) is 22.4 Å². The van der Waals surface area contributed by atoms with Gasteiger partial charge in [0.05, 0.1) is 24.6 Å². The summed E-state index contributed by atoms with van der Waals surface area (Å²) in [6, 6.07) is 10.6. The minimum atomic E-state index is -4.52.